The molecule has 0 radical (unpaired) electrons. The van der Waals surface area contributed by atoms with Crippen molar-refractivity contribution < 1.29 is 63.0 Å². The fraction of sp³-hybridized carbons (Fsp3) is 0. The maximum Gasteiger partial charge on any atom is 1.00 e. The minimum atomic E-state index is 0. The summed E-state index contributed by atoms with van der Waals surface area (Å²) in [5.74, 6) is 0. The van der Waals surface area contributed by atoms with Crippen LogP contribution >= 0.6 is 0 Å². The predicted octanol–water partition coefficient (Wildman–Crippen LogP) is -4.74. The molecular weight excluding hydrogens is 101 g/mol. The Morgan fingerprint density at radius 3 is 1.25 bits per heavy atom. The Kier molecular flexibility index (Phi) is 180. The zero-order valence-electron chi connectivity index (χ0n) is 2.91. The third-order valence-electron chi connectivity index (χ3n) is 0. The maximum atomic E-state index is 0. The van der Waals surface area contributed by atoms with Crippen LogP contribution in [-0.4, -0.2) is 22.8 Å². The Morgan fingerprint density at radius 1 is 1.25 bits per heavy atom. The molecule has 0 heterocycles. The summed E-state index contributed by atoms with van der Waals surface area (Å²) in [4.78, 5) is 0. The summed E-state index contributed by atoms with van der Waals surface area (Å²) < 4.78 is 0. The van der Waals surface area contributed by atoms with E-state index >= 15 is 0 Å². The van der Waals surface area contributed by atoms with Crippen LogP contribution in [0.25, 0.3) is 0 Å². The fourth-order valence-corrected chi connectivity index (χ4v) is 0. The van der Waals surface area contributed by atoms with Gasteiger partial charge in [-0.2, -0.15) is 0 Å². The Hall–Kier alpha value is 2.06. The molecule has 4 heavy (non-hydrogen) atoms. The van der Waals surface area contributed by atoms with Crippen LogP contribution in [0, 0.1) is 0 Å². The molecule has 0 saturated heterocycles. The largest absolute Gasteiger partial charge is 1.00 e. The number of rotatable bonds is 0. The molecular formula is H7AlFKO. The second-order valence-corrected chi connectivity index (χ2v) is 0. The van der Waals surface area contributed by atoms with Crippen molar-refractivity contribution in [3.05, 3.63) is 0 Å². The monoisotopic (exact) mass is 108 g/mol. The van der Waals surface area contributed by atoms with Crippen molar-refractivity contribution in [1.82, 2.24) is 0 Å². The molecule has 0 aliphatic carbocycles. The zero-order valence-corrected chi connectivity index (χ0v) is 5.03. The molecule has 2 N–H and O–H groups in total. The van der Waals surface area contributed by atoms with E-state index in [1.807, 2.05) is 0 Å². The summed E-state index contributed by atoms with van der Waals surface area (Å²) in [6.45, 7) is 0. The molecule has 4 heteroatoms. The van der Waals surface area contributed by atoms with Crippen molar-refractivity contribution in [3.63, 3.8) is 0 Å². The van der Waals surface area contributed by atoms with Gasteiger partial charge in [-0.3, -0.25) is 4.70 Å². The van der Waals surface area contributed by atoms with Crippen molar-refractivity contribution in [2.75, 3.05) is 0 Å². The van der Waals surface area contributed by atoms with E-state index in [-0.39, 0.29) is 80.4 Å². The average Bonchev–Trinajstić information content (AvgIpc) is 0. The van der Waals surface area contributed by atoms with Crippen LogP contribution in [0.4, 0.5) is 4.70 Å². The fourth-order valence-electron chi connectivity index (χ4n) is 0. The molecule has 0 spiro atoms. The molecule has 0 aromatic heterocycles. The van der Waals surface area contributed by atoms with Gasteiger partial charge in [0.25, 0.3) is 0 Å². The van der Waals surface area contributed by atoms with Crippen LogP contribution in [0.1, 0.15) is 1.43 Å². The van der Waals surface area contributed by atoms with Gasteiger partial charge in [0.1, 0.15) is 0 Å². The topological polar surface area (TPSA) is 31.5 Å². The van der Waals surface area contributed by atoms with Crippen molar-refractivity contribution in [2.45, 2.75) is 0 Å². The second kappa shape index (κ2) is 19.7. The van der Waals surface area contributed by atoms with Crippen molar-refractivity contribution in [1.29, 1.82) is 0 Å². The van der Waals surface area contributed by atoms with Gasteiger partial charge >= 0.3 is 51.4 Å². The smallest absolute Gasteiger partial charge is 1.00 e. The van der Waals surface area contributed by atoms with E-state index in [2.05, 4.69) is 0 Å². The Morgan fingerprint density at radius 2 is 1.25 bits per heavy atom. The molecule has 0 fully saturated rings. The van der Waals surface area contributed by atoms with Gasteiger partial charge in [-0.05, 0) is 0 Å². The van der Waals surface area contributed by atoms with Gasteiger partial charge in [0.05, 0.1) is 0 Å². The quantitative estimate of drug-likeness (QED) is 0.279. The van der Waals surface area contributed by atoms with Gasteiger partial charge in [0.15, 0.2) is 17.4 Å². The van der Waals surface area contributed by atoms with E-state index in [0.717, 1.165) is 0 Å². The number of halogens is 1. The third kappa shape index (κ3) is 8.96. The third-order valence-corrected chi connectivity index (χ3v) is 0. The first kappa shape index (κ1) is 36.6. The first-order valence-electron chi connectivity index (χ1n) is 0. The Labute approximate surface area is 78.9 Å². The van der Waals surface area contributed by atoms with E-state index in [1.54, 1.807) is 0 Å². The van der Waals surface area contributed by atoms with E-state index < -0.39 is 0 Å². The van der Waals surface area contributed by atoms with E-state index in [1.165, 1.54) is 0 Å². The minimum Gasteiger partial charge on any atom is -1.00 e. The standard InChI is InChI=1S/Al.FH.K.H2O.4H/h;1H;;1H2;;;;/q;;+1;;;;;-1. The van der Waals surface area contributed by atoms with E-state index in [4.69, 9.17) is 0 Å². The molecule has 0 aliphatic rings. The zero-order chi connectivity index (χ0) is 0. The van der Waals surface area contributed by atoms with Gasteiger partial charge in [-0.15, -0.1) is 0 Å². The van der Waals surface area contributed by atoms with Crippen molar-refractivity contribution >= 4 is 17.4 Å². The minimum absolute atomic E-state index is 0. The van der Waals surface area contributed by atoms with Gasteiger partial charge in [-0.25, -0.2) is 0 Å². The number of hydrogen-bond donors (Lipinski definition) is 0. The first-order chi connectivity index (χ1) is 0. The van der Waals surface area contributed by atoms with E-state index in [9.17, 15) is 0 Å². The summed E-state index contributed by atoms with van der Waals surface area (Å²) in [7, 11) is 0. The summed E-state index contributed by atoms with van der Waals surface area (Å²) >= 11 is 0. The summed E-state index contributed by atoms with van der Waals surface area (Å²) in [5, 5.41) is 0. The van der Waals surface area contributed by atoms with Crippen molar-refractivity contribution in [2.24, 2.45) is 0 Å². The molecule has 1 nitrogen and oxygen atoms in total. The van der Waals surface area contributed by atoms with Crippen LogP contribution in [0.3, 0.4) is 0 Å². The molecule has 0 saturated carbocycles. The van der Waals surface area contributed by atoms with Gasteiger partial charge in [0.2, 0.25) is 0 Å². The maximum absolute atomic E-state index is 0. The van der Waals surface area contributed by atoms with Crippen LogP contribution < -0.4 is 51.4 Å². The normalized spacial score (nSPS) is 0. The SMILES string of the molecule is F.O.[AlH3].[H-].[K+]. The van der Waals surface area contributed by atoms with E-state index in [0.29, 0.717) is 0 Å². The van der Waals surface area contributed by atoms with Crippen LogP contribution in [-0.2, 0) is 0 Å². The summed E-state index contributed by atoms with van der Waals surface area (Å²) in [6, 6.07) is 0. The van der Waals surface area contributed by atoms with Crippen LogP contribution in [0.15, 0.2) is 0 Å². The summed E-state index contributed by atoms with van der Waals surface area (Å²) in [5.41, 5.74) is 0. The van der Waals surface area contributed by atoms with Gasteiger partial charge in [0, 0.05) is 0 Å². The molecule has 0 atom stereocenters. The van der Waals surface area contributed by atoms with Crippen LogP contribution in [0.5, 0.6) is 0 Å². The van der Waals surface area contributed by atoms with Gasteiger partial charge < -0.3 is 6.90 Å². The molecule has 0 amide bonds. The average molecular weight is 108 g/mol. The molecule has 0 aliphatic heterocycles. The van der Waals surface area contributed by atoms with Gasteiger partial charge in [-0.1, -0.05) is 0 Å². The Balaban J connectivity index is 0. The van der Waals surface area contributed by atoms with Crippen LogP contribution in [0.2, 0.25) is 0 Å². The molecule has 0 unspecified atom stereocenters. The first-order valence-corrected chi connectivity index (χ1v) is 0. The summed E-state index contributed by atoms with van der Waals surface area (Å²) in [6.07, 6.45) is 0. The molecule has 0 aromatic carbocycles. The Bertz CT molecular complexity index is 11.6. The molecule has 24 valence electrons. The molecule has 0 aromatic rings. The molecule has 0 bridgehead atoms. The van der Waals surface area contributed by atoms with Crippen molar-refractivity contribution in [3.8, 4) is 0 Å². The second-order valence-electron chi connectivity index (χ2n) is 0. The predicted molar refractivity (Wildman–Crippen MR) is 17.2 cm³/mol. The number of hydrogen-bond acceptors (Lipinski definition) is 0. The molecule has 0 rings (SSSR count).